The molecule has 0 amide bonds. The molecule has 0 bridgehead atoms. The number of aryl methyl sites for hydroxylation is 1. The highest BCUT2D eigenvalue weighted by Gasteiger charge is 2.34. The Bertz CT molecular complexity index is 534. The fraction of sp³-hybridized carbons (Fsp3) is 0.667. The number of nitrogens with one attached hydrogen (secondary N) is 1. The molecule has 3 atom stereocenters. The van der Waals surface area contributed by atoms with Crippen LogP contribution in [0.1, 0.15) is 38.5 Å². The molecule has 2 heterocycles. The van der Waals surface area contributed by atoms with Crippen molar-refractivity contribution in [2.24, 2.45) is 0 Å². The zero-order valence-electron chi connectivity index (χ0n) is 10.5. The Labute approximate surface area is 104 Å². The second-order valence-corrected chi connectivity index (χ2v) is 4.51. The molecule has 0 radical (unpaired) electrons. The minimum absolute atomic E-state index is 0.251. The number of rotatable bonds is 3. The topological polar surface area (TPSA) is 84.3 Å². The third-order valence-corrected chi connectivity index (χ3v) is 3.34. The van der Waals surface area contributed by atoms with Crippen molar-refractivity contribution >= 4 is 0 Å². The number of hydrogen-bond acceptors (Lipinski definition) is 4. The Kier molecular flexibility index (Phi) is 3.68. The predicted octanol–water partition coefficient (Wildman–Crippen LogP) is 0.157. The van der Waals surface area contributed by atoms with Crippen LogP contribution in [0, 0.1) is 0 Å². The summed E-state index contributed by atoms with van der Waals surface area (Å²) in [7, 11) is 0. The molecule has 1 unspecified atom stereocenters. The highest BCUT2D eigenvalue weighted by molar-refractivity contribution is 5.04. The molecule has 100 valence electrons. The van der Waals surface area contributed by atoms with E-state index in [1.165, 1.54) is 10.8 Å². The van der Waals surface area contributed by atoms with Gasteiger partial charge in [-0.3, -0.25) is 14.3 Å². The maximum absolute atomic E-state index is 11.7. The molecule has 2 rings (SSSR count). The first-order valence-electron chi connectivity index (χ1n) is 6.24. The Morgan fingerprint density at radius 2 is 2.22 bits per heavy atom. The van der Waals surface area contributed by atoms with E-state index in [4.69, 9.17) is 4.74 Å². The van der Waals surface area contributed by atoms with Crippen LogP contribution in [0.5, 0.6) is 0 Å². The van der Waals surface area contributed by atoms with E-state index < -0.39 is 18.0 Å². The van der Waals surface area contributed by atoms with Crippen LogP contribution in [0.2, 0.25) is 0 Å². The minimum Gasteiger partial charge on any atom is -0.390 e. The van der Waals surface area contributed by atoms with Crippen LogP contribution in [-0.2, 0) is 11.2 Å². The second-order valence-electron chi connectivity index (χ2n) is 4.51. The Hall–Kier alpha value is -1.40. The number of aromatic nitrogens is 2. The number of aliphatic hydroxyl groups is 1. The normalized spacial score (nSPS) is 27.6. The van der Waals surface area contributed by atoms with Gasteiger partial charge in [0.05, 0.1) is 12.2 Å². The van der Waals surface area contributed by atoms with Gasteiger partial charge >= 0.3 is 5.69 Å². The van der Waals surface area contributed by atoms with Crippen LogP contribution >= 0.6 is 0 Å². The van der Waals surface area contributed by atoms with Crippen LogP contribution in [-0.4, -0.2) is 26.9 Å². The van der Waals surface area contributed by atoms with Crippen molar-refractivity contribution in [2.75, 3.05) is 0 Å². The van der Waals surface area contributed by atoms with Gasteiger partial charge in [0.15, 0.2) is 0 Å². The SMILES string of the molecule is CCc1cn([C@H]2CC(O)[C@@H](CC)O2)c(=O)[nH]c1=O. The van der Waals surface area contributed by atoms with Gasteiger partial charge in [0.2, 0.25) is 0 Å². The number of H-pyrrole nitrogens is 1. The molecular formula is C12H18N2O4. The lowest BCUT2D eigenvalue weighted by atomic mass is 10.1. The van der Waals surface area contributed by atoms with Crippen LogP contribution in [0.4, 0.5) is 0 Å². The van der Waals surface area contributed by atoms with E-state index >= 15 is 0 Å². The quantitative estimate of drug-likeness (QED) is 0.804. The van der Waals surface area contributed by atoms with Gasteiger partial charge in [0, 0.05) is 18.2 Å². The van der Waals surface area contributed by atoms with Crippen LogP contribution in [0.3, 0.4) is 0 Å². The average Bonchev–Trinajstić information content (AvgIpc) is 2.70. The molecule has 2 N–H and O–H groups in total. The number of ether oxygens (including phenoxy) is 1. The summed E-state index contributed by atoms with van der Waals surface area (Å²) in [6.07, 6.45) is 1.81. The first-order valence-corrected chi connectivity index (χ1v) is 6.24. The van der Waals surface area contributed by atoms with Gasteiger partial charge in [0.25, 0.3) is 5.56 Å². The smallest absolute Gasteiger partial charge is 0.330 e. The summed E-state index contributed by atoms with van der Waals surface area (Å²) in [5.74, 6) is 0. The van der Waals surface area contributed by atoms with E-state index in [1.807, 2.05) is 13.8 Å². The third-order valence-electron chi connectivity index (χ3n) is 3.34. The molecule has 18 heavy (non-hydrogen) atoms. The summed E-state index contributed by atoms with van der Waals surface area (Å²) in [6, 6.07) is 0. The predicted molar refractivity (Wildman–Crippen MR) is 65.5 cm³/mol. The zero-order valence-corrected chi connectivity index (χ0v) is 10.5. The maximum atomic E-state index is 11.7. The van der Waals surface area contributed by atoms with E-state index in [9.17, 15) is 14.7 Å². The minimum atomic E-state index is -0.566. The average molecular weight is 254 g/mol. The molecule has 6 heteroatoms. The van der Waals surface area contributed by atoms with Gasteiger partial charge in [-0.1, -0.05) is 13.8 Å². The van der Waals surface area contributed by atoms with E-state index in [-0.39, 0.29) is 11.7 Å². The number of hydrogen-bond donors (Lipinski definition) is 2. The van der Waals surface area contributed by atoms with Gasteiger partial charge in [-0.25, -0.2) is 4.79 Å². The van der Waals surface area contributed by atoms with Gasteiger partial charge in [0.1, 0.15) is 6.23 Å². The molecule has 1 aromatic heterocycles. The molecule has 6 nitrogen and oxygen atoms in total. The Morgan fingerprint density at radius 3 is 2.78 bits per heavy atom. The Morgan fingerprint density at radius 1 is 1.50 bits per heavy atom. The third kappa shape index (κ3) is 2.26. The van der Waals surface area contributed by atoms with Crippen molar-refractivity contribution in [3.8, 4) is 0 Å². The van der Waals surface area contributed by atoms with Gasteiger partial charge in [-0.2, -0.15) is 0 Å². The summed E-state index contributed by atoms with van der Waals surface area (Å²) in [5, 5.41) is 9.78. The fourth-order valence-electron chi connectivity index (χ4n) is 2.25. The molecule has 1 aliphatic heterocycles. The van der Waals surface area contributed by atoms with E-state index in [2.05, 4.69) is 4.98 Å². The van der Waals surface area contributed by atoms with Crippen molar-refractivity contribution in [1.82, 2.24) is 9.55 Å². The van der Waals surface area contributed by atoms with Crippen LogP contribution < -0.4 is 11.2 Å². The van der Waals surface area contributed by atoms with Crippen molar-refractivity contribution in [2.45, 2.75) is 51.5 Å². The largest absolute Gasteiger partial charge is 0.390 e. The molecular weight excluding hydrogens is 236 g/mol. The number of aliphatic hydroxyl groups excluding tert-OH is 1. The molecule has 0 saturated carbocycles. The van der Waals surface area contributed by atoms with Gasteiger partial charge in [-0.15, -0.1) is 0 Å². The van der Waals surface area contributed by atoms with Crippen molar-refractivity contribution in [3.05, 3.63) is 32.6 Å². The molecule has 0 spiro atoms. The van der Waals surface area contributed by atoms with Gasteiger partial charge in [-0.05, 0) is 12.8 Å². The highest BCUT2D eigenvalue weighted by Crippen LogP contribution is 2.29. The molecule has 1 fully saturated rings. The summed E-state index contributed by atoms with van der Waals surface area (Å²) in [6.45, 7) is 3.77. The molecule has 0 aliphatic carbocycles. The second kappa shape index (κ2) is 5.07. The molecule has 1 aromatic rings. The van der Waals surface area contributed by atoms with E-state index in [1.54, 1.807) is 0 Å². The lowest BCUT2D eigenvalue weighted by Crippen LogP contribution is -2.34. The summed E-state index contributed by atoms with van der Waals surface area (Å²) < 4.78 is 6.98. The summed E-state index contributed by atoms with van der Waals surface area (Å²) in [4.78, 5) is 25.5. The van der Waals surface area contributed by atoms with Crippen molar-refractivity contribution in [1.29, 1.82) is 0 Å². The van der Waals surface area contributed by atoms with Gasteiger partial charge < -0.3 is 9.84 Å². The fourth-order valence-corrected chi connectivity index (χ4v) is 2.25. The molecule has 1 saturated heterocycles. The van der Waals surface area contributed by atoms with Crippen LogP contribution in [0.15, 0.2) is 15.8 Å². The zero-order chi connectivity index (χ0) is 13.3. The first-order chi connectivity index (χ1) is 8.56. The summed E-state index contributed by atoms with van der Waals surface area (Å²) >= 11 is 0. The van der Waals surface area contributed by atoms with Crippen LogP contribution in [0.25, 0.3) is 0 Å². The highest BCUT2D eigenvalue weighted by atomic mass is 16.5. The lowest BCUT2D eigenvalue weighted by Gasteiger charge is -2.15. The monoisotopic (exact) mass is 254 g/mol. The standard InChI is InChI=1S/C12H18N2O4/c1-3-7-6-14(12(17)13-11(7)16)10-5-8(15)9(4-2)18-10/h6,8-10,15H,3-5H2,1-2H3,(H,13,16,17)/t8?,9-,10-/m1/s1. The van der Waals surface area contributed by atoms with E-state index in [0.29, 0.717) is 24.8 Å². The number of aromatic amines is 1. The lowest BCUT2D eigenvalue weighted by molar-refractivity contribution is -0.0218. The number of nitrogens with zero attached hydrogens (tertiary/aromatic N) is 1. The Balaban J connectivity index is 2.35. The summed E-state index contributed by atoms with van der Waals surface area (Å²) in [5.41, 5.74) is -0.317. The first kappa shape index (κ1) is 13.0. The maximum Gasteiger partial charge on any atom is 0.330 e. The van der Waals surface area contributed by atoms with Crippen molar-refractivity contribution < 1.29 is 9.84 Å². The van der Waals surface area contributed by atoms with Crippen molar-refractivity contribution in [3.63, 3.8) is 0 Å². The molecule has 1 aliphatic rings. The van der Waals surface area contributed by atoms with E-state index in [0.717, 1.165) is 0 Å². The molecule has 0 aromatic carbocycles.